The number of hydrogen-bond donors (Lipinski definition) is 1. The highest BCUT2D eigenvalue weighted by Gasteiger charge is 1.93. The predicted molar refractivity (Wildman–Crippen MR) is 39.6 cm³/mol. The molecule has 0 bridgehead atoms. The third-order valence-electron chi connectivity index (χ3n) is 1.49. The van der Waals surface area contributed by atoms with E-state index in [2.05, 4.69) is 4.98 Å². The second kappa shape index (κ2) is 1.73. The number of aromatic nitrogens is 2. The van der Waals surface area contributed by atoms with Crippen molar-refractivity contribution in [3.05, 3.63) is 30.7 Å². The molecule has 0 aromatic carbocycles. The largest absolute Gasteiger partial charge is 0.385 e. The van der Waals surface area contributed by atoms with Crippen LogP contribution in [-0.2, 0) is 0 Å². The van der Waals surface area contributed by atoms with Gasteiger partial charge in [0.2, 0.25) is 0 Å². The third-order valence-corrected chi connectivity index (χ3v) is 1.49. The minimum Gasteiger partial charge on any atom is -0.385 e. The first-order valence-corrected chi connectivity index (χ1v) is 3.04. The number of fused-ring (bicyclic) bond motifs is 1. The zero-order valence-corrected chi connectivity index (χ0v) is 5.36. The molecule has 0 saturated heterocycles. The van der Waals surface area contributed by atoms with Crippen molar-refractivity contribution in [2.75, 3.05) is 5.73 Å². The lowest BCUT2D eigenvalue weighted by Gasteiger charge is -1.92. The van der Waals surface area contributed by atoms with E-state index < -0.39 is 0 Å². The molecule has 3 heteroatoms. The maximum atomic E-state index is 5.60. The number of rotatable bonds is 0. The highest BCUT2D eigenvalue weighted by atomic mass is 15.0. The van der Waals surface area contributed by atoms with Crippen molar-refractivity contribution in [3.8, 4) is 0 Å². The summed E-state index contributed by atoms with van der Waals surface area (Å²) in [6.07, 6.45) is 3.44. The van der Waals surface area contributed by atoms with Crippen LogP contribution in [0.2, 0.25) is 0 Å². The smallest absolute Gasteiger partial charge is 0.109 e. The summed E-state index contributed by atoms with van der Waals surface area (Å²) in [5.41, 5.74) is 6.68. The molecule has 0 aliphatic carbocycles. The van der Waals surface area contributed by atoms with Crippen LogP contribution in [0.15, 0.2) is 30.7 Å². The minimum atomic E-state index is 0.725. The van der Waals surface area contributed by atoms with E-state index in [-0.39, 0.29) is 0 Å². The van der Waals surface area contributed by atoms with Gasteiger partial charge in [-0.25, -0.2) is 4.98 Å². The van der Waals surface area contributed by atoms with E-state index in [4.69, 9.17) is 5.73 Å². The van der Waals surface area contributed by atoms with Crippen molar-refractivity contribution in [2.45, 2.75) is 0 Å². The molecule has 0 atom stereocenters. The maximum Gasteiger partial charge on any atom is 0.109 e. The summed E-state index contributed by atoms with van der Waals surface area (Å²) in [6, 6.07) is 5.73. The molecule has 0 saturated carbocycles. The molecule has 0 unspecified atom stereocenters. The van der Waals surface area contributed by atoms with E-state index >= 15 is 0 Å². The van der Waals surface area contributed by atoms with Gasteiger partial charge < -0.3 is 5.73 Å². The van der Waals surface area contributed by atoms with Gasteiger partial charge in [-0.3, -0.25) is 4.40 Å². The van der Waals surface area contributed by atoms with Crippen LogP contribution < -0.4 is 5.73 Å². The van der Waals surface area contributed by atoms with Crippen molar-refractivity contribution >= 4 is 11.3 Å². The summed E-state index contributed by atoms with van der Waals surface area (Å²) in [5, 5.41) is 0. The number of nitrogens with two attached hydrogens (primary N) is 1. The second-order valence-electron chi connectivity index (χ2n) is 2.13. The Morgan fingerprint density at radius 1 is 1.30 bits per heavy atom. The van der Waals surface area contributed by atoms with Crippen molar-refractivity contribution in [2.24, 2.45) is 0 Å². The first-order chi connectivity index (χ1) is 4.88. The minimum absolute atomic E-state index is 0.725. The molecule has 2 aromatic rings. The van der Waals surface area contributed by atoms with Crippen LogP contribution in [0.1, 0.15) is 0 Å². The van der Waals surface area contributed by atoms with Crippen molar-refractivity contribution < 1.29 is 0 Å². The quantitative estimate of drug-likeness (QED) is 0.580. The standard InChI is InChI=1S/C7H7N3/c8-7-2-1-6-3-4-9-5-10(6)7/h1-5H,8H2. The average molecular weight is 133 g/mol. The van der Waals surface area contributed by atoms with E-state index in [0.717, 1.165) is 11.3 Å². The van der Waals surface area contributed by atoms with E-state index in [1.54, 1.807) is 12.5 Å². The summed E-state index contributed by atoms with van der Waals surface area (Å²) in [6.45, 7) is 0. The molecule has 2 heterocycles. The molecule has 0 fully saturated rings. The molecular weight excluding hydrogens is 126 g/mol. The SMILES string of the molecule is Nc1ccc2ccncn12. The van der Waals surface area contributed by atoms with Crippen LogP contribution in [0.5, 0.6) is 0 Å². The topological polar surface area (TPSA) is 43.3 Å². The molecule has 3 nitrogen and oxygen atoms in total. The zero-order chi connectivity index (χ0) is 6.97. The monoisotopic (exact) mass is 133 g/mol. The van der Waals surface area contributed by atoms with Gasteiger partial charge in [0.25, 0.3) is 0 Å². The van der Waals surface area contributed by atoms with Crippen molar-refractivity contribution in [3.63, 3.8) is 0 Å². The first kappa shape index (κ1) is 5.29. The van der Waals surface area contributed by atoms with E-state index in [1.165, 1.54) is 0 Å². The summed E-state index contributed by atoms with van der Waals surface area (Å²) < 4.78 is 1.83. The Morgan fingerprint density at radius 2 is 2.20 bits per heavy atom. The van der Waals surface area contributed by atoms with Crippen LogP contribution >= 0.6 is 0 Å². The lowest BCUT2D eigenvalue weighted by molar-refractivity contribution is 1.10. The first-order valence-electron chi connectivity index (χ1n) is 3.04. The molecule has 2 aromatic heterocycles. The van der Waals surface area contributed by atoms with Crippen molar-refractivity contribution in [1.29, 1.82) is 0 Å². The summed E-state index contributed by atoms with van der Waals surface area (Å²) in [7, 11) is 0. The molecule has 10 heavy (non-hydrogen) atoms. The molecule has 0 radical (unpaired) electrons. The van der Waals surface area contributed by atoms with Crippen LogP contribution in [-0.4, -0.2) is 9.38 Å². The molecule has 0 spiro atoms. The van der Waals surface area contributed by atoms with Crippen LogP contribution in [0.4, 0.5) is 5.82 Å². The van der Waals surface area contributed by atoms with Gasteiger partial charge in [-0.2, -0.15) is 0 Å². The molecule has 2 rings (SSSR count). The Labute approximate surface area is 58.1 Å². The third kappa shape index (κ3) is 0.572. The Kier molecular flexibility index (Phi) is 0.917. The number of nitrogen functional groups attached to an aromatic ring is 1. The lowest BCUT2D eigenvalue weighted by Crippen LogP contribution is -1.91. The van der Waals surface area contributed by atoms with Gasteiger partial charge in [-0.05, 0) is 18.2 Å². The van der Waals surface area contributed by atoms with E-state index in [9.17, 15) is 0 Å². The Balaban J connectivity index is 2.93. The van der Waals surface area contributed by atoms with Crippen LogP contribution in [0, 0.1) is 0 Å². The van der Waals surface area contributed by atoms with Crippen LogP contribution in [0.3, 0.4) is 0 Å². The Hall–Kier alpha value is -1.51. The van der Waals surface area contributed by atoms with Gasteiger partial charge >= 0.3 is 0 Å². The van der Waals surface area contributed by atoms with Gasteiger partial charge in [-0.15, -0.1) is 0 Å². The fraction of sp³-hybridized carbons (Fsp3) is 0. The van der Waals surface area contributed by atoms with Gasteiger partial charge in [0.1, 0.15) is 12.1 Å². The van der Waals surface area contributed by atoms with Gasteiger partial charge in [0.15, 0.2) is 0 Å². The normalized spacial score (nSPS) is 10.4. The maximum absolute atomic E-state index is 5.60. The van der Waals surface area contributed by atoms with Crippen molar-refractivity contribution in [1.82, 2.24) is 9.38 Å². The molecule has 2 N–H and O–H groups in total. The highest BCUT2D eigenvalue weighted by Crippen LogP contribution is 2.08. The van der Waals surface area contributed by atoms with Gasteiger partial charge in [0, 0.05) is 6.20 Å². The zero-order valence-electron chi connectivity index (χ0n) is 5.36. The summed E-state index contributed by atoms with van der Waals surface area (Å²) >= 11 is 0. The number of anilines is 1. The number of nitrogens with zero attached hydrogens (tertiary/aromatic N) is 2. The molecule has 50 valence electrons. The van der Waals surface area contributed by atoms with Gasteiger partial charge in [0.05, 0.1) is 5.52 Å². The highest BCUT2D eigenvalue weighted by molar-refractivity contribution is 5.54. The summed E-state index contributed by atoms with van der Waals surface area (Å²) in [5.74, 6) is 0.725. The second-order valence-corrected chi connectivity index (χ2v) is 2.13. The number of hydrogen-bond acceptors (Lipinski definition) is 2. The summed E-state index contributed by atoms with van der Waals surface area (Å²) in [4.78, 5) is 3.93. The molecule has 0 aliphatic heterocycles. The van der Waals surface area contributed by atoms with E-state index in [1.807, 2.05) is 22.6 Å². The molecule has 0 aliphatic rings. The fourth-order valence-electron chi connectivity index (χ4n) is 0.974. The molecule has 0 amide bonds. The Bertz CT molecular complexity index is 350. The van der Waals surface area contributed by atoms with Crippen LogP contribution in [0.25, 0.3) is 5.52 Å². The average Bonchev–Trinajstić information content (AvgIpc) is 2.34. The van der Waals surface area contributed by atoms with Gasteiger partial charge in [-0.1, -0.05) is 0 Å². The Morgan fingerprint density at radius 3 is 3.00 bits per heavy atom. The molecular formula is C7H7N3. The lowest BCUT2D eigenvalue weighted by atomic mass is 10.5. The van der Waals surface area contributed by atoms with E-state index in [0.29, 0.717) is 0 Å². The fourth-order valence-corrected chi connectivity index (χ4v) is 0.974. The predicted octanol–water partition coefficient (Wildman–Crippen LogP) is 0.916.